The highest BCUT2D eigenvalue weighted by Gasteiger charge is 2.36. The first kappa shape index (κ1) is 16.9. The van der Waals surface area contributed by atoms with E-state index >= 15 is 0 Å². The van der Waals surface area contributed by atoms with E-state index in [4.69, 9.17) is 5.11 Å². The van der Waals surface area contributed by atoms with Crippen LogP contribution in [0.5, 0.6) is 0 Å². The number of nitro groups is 1. The maximum Gasteiger partial charge on any atom is 0.336 e. The maximum atomic E-state index is 12.6. The summed E-state index contributed by atoms with van der Waals surface area (Å²) < 4.78 is 23.0. The Morgan fingerprint density at radius 3 is 2.52 bits per heavy atom. The lowest BCUT2D eigenvalue weighted by molar-refractivity contribution is -0.385. The van der Waals surface area contributed by atoms with E-state index < -0.39 is 49.5 Å². The van der Waals surface area contributed by atoms with Crippen LogP contribution in [0.2, 0.25) is 0 Å². The van der Waals surface area contributed by atoms with E-state index in [9.17, 15) is 28.1 Å². The molecule has 1 aromatic rings. The second-order valence-corrected chi connectivity index (χ2v) is 7.46. The molecule has 0 radical (unpaired) electrons. The molecule has 23 heavy (non-hydrogen) atoms. The van der Waals surface area contributed by atoms with Gasteiger partial charge in [-0.05, 0) is 12.5 Å². The molecule has 9 nitrogen and oxygen atoms in total. The fourth-order valence-corrected chi connectivity index (χ4v) is 4.29. The molecule has 10 heteroatoms. The number of rotatable bonds is 4. The van der Waals surface area contributed by atoms with Crippen LogP contribution >= 0.6 is 0 Å². The summed E-state index contributed by atoms with van der Waals surface area (Å²) in [7, 11) is -1.94. The van der Waals surface area contributed by atoms with Gasteiger partial charge in [-0.2, -0.15) is 0 Å². The van der Waals surface area contributed by atoms with E-state index in [0.717, 1.165) is 17.0 Å². The maximum absolute atomic E-state index is 12.6. The number of benzene rings is 1. The van der Waals surface area contributed by atoms with E-state index in [0.29, 0.717) is 0 Å². The van der Waals surface area contributed by atoms with Gasteiger partial charge >= 0.3 is 5.97 Å². The first-order valence-electron chi connectivity index (χ1n) is 6.62. The molecule has 0 bridgehead atoms. The standard InChI is InChI=1S/C13H14N2O7S/c1-14(8-5-6-23(21,22)7-8)12(16)11-9(13(17)18)3-2-4-10(11)15(19)20/h2-4,8H,5-7H2,1H3,(H,17,18). The molecular formula is C13H14N2O7S. The third kappa shape index (κ3) is 3.31. The number of sulfone groups is 1. The van der Waals surface area contributed by atoms with Gasteiger partial charge in [-0.25, -0.2) is 13.2 Å². The summed E-state index contributed by atoms with van der Waals surface area (Å²) in [6.45, 7) is 0. The average Bonchev–Trinajstić information content (AvgIpc) is 2.84. The van der Waals surface area contributed by atoms with Gasteiger partial charge in [0.05, 0.1) is 22.0 Å². The van der Waals surface area contributed by atoms with E-state index in [-0.39, 0.29) is 17.9 Å². The molecule has 1 unspecified atom stereocenters. The van der Waals surface area contributed by atoms with Crippen molar-refractivity contribution in [1.82, 2.24) is 4.90 Å². The topological polar surface area (TPSA) is 135 Å². The first-order chi connectivity index (χ1) is 10.6. The highest BCUT2D eigenvalue weighted by Crippen LogP contribution is 2.26. The van der Waals surface area contributed by atoms with Crippen molar-refractivity contribution in [2.75, 3.05) is 18.6 Å². The van der Waals surface area contributed by atoms with Gasteiger partial charge in [0.1, 0.15) is 5.56 Å². The van der Waals surface area contributed by atoms with Crippen molar-refractivity contribution < 1.29 is 28.0 Å². The van der Waals surface area contributed by atoms with Crippen LogP contribution in [0.15, 0.2) is 18.2 Å². The fourth-order valence-electron chi connectivity index (χ4n) is 2.52. The fraction of sp³-hybridized carbons (Fsp3) is 0.385. The highest BCUT2D eigenvalue weighted by molar-refractivity contribution is 7.91. The summed E-state index contributed by atoms with van der Waals surface area (Å²) >= 11 is 0. The molecule has 1 atom stereocenters. The first-order valence-corrected chi connectivity index (χ1v) is 8.44. The molecular weight excluding hydrogens is 328 g/mol. The van der Waals surface area contributed by atoms with Crippen LogP contribution < -0.4 is 0 Å². The van der Waals surface area contributed by atoms with E-state index in [1.807, 2.05) is 0 Å². The number of amides is 1. The Morgan fingerprint density at radius 1 is 1.39 bits per heavy atom. The summed E-state index contributed by atoms with van der Waals surface area (Å²) in [5, 5.41) is 20.3. The van der Waals surface area contributed by atoms with Gasteiger partial charge in [0.15, 0.2) is 9.84 Å². The summed E-state index contributed by atoms with van der Waals surface area (Å²) in [5.41, 5.74) is -1.66. The summed E-state index contributed by atoms with van der Waals surface area (Å²) in [5.74, 6) is -2.66. The minimum absolute atomic E-state index is 0.0715. The molecule has 1 aliphatic rings. The Bertz CT molecular complexity index is 755. The van der Waals surface area contributed by atoms with Crippen LogP contribution in [0, 0.1) is 10.1 Å². The van der Waals surface area contributed by atoms with Crippen molar-refractivity contribution in [3.63, 3.8) is 0 Å². The molecule has 1 aliphatic heterocycles. The predicted octanol–water partition coefficient (Wildman–Crippen LogP) is 0.552. The summed E-state index contributed by atoms with van der Waals surface area (Å²) in [6.07, 6.45) is 0.216. The van der Waals surface area contributed by atoms with Crippen molar-refractivity contribution in [2.24, 2.45) is 0 Å². The van der Waals surface area contributed by atoms with Crippen molar-refractivity contribution in [3.05, 3.63) is 39.4 Å². The van der Waals surface area contributed by atoms with Crippen LogP contribution in [0.1, 0.15) is 27.1 Å². The third-order valence-electron chi connectivity index (χ3n) is 3.76. The van der Waals surface area contributed by atoms with Gasteiger partial charge in [0.25, 0.3) is 11.6 Å². The smallest absolute Gasteiger partial charge is 0.336 e. The number of nitrogens with zero attached hydrogens (tertiary/aromatic N) is 2. The van der Waals surface area contributed by atoms with Crippen LogP contribution in [0.3, 0.4) is 0 Å². The third-order valence-corrected chi connectivity index (χ3v) is 5.51. The minimum Gasteiger partial charge on any atom is -0.478 e. The quantitative estimate of drug-likeness (QED) is 0.623. The minimum atomic E-state index is -3.25. The van der Waals surface area contributed by atoms with Crippen LogP contribution in [0.25, 0.3) is 0 Å². The molecule has 1 aromatic carbocycles. The lowest BCUT2D eigenvalue weighted by Gasteiger charge is -2.23. The summed E-state index contributed by atoms with van der Waals surface area (Å²) in [4.78, 5) is 35.1. The Labute approximate surface area is 131 Å². The molecule has 1 amide bonds. The Kier molecular flexibility index (Phi) is 4.37. The Balaban J connectivity index is 2.46. The molecule has 2 rings (SSSR count). The zero-order valence-corrected chi connectivity index (χ0v) is 12.9. The van der Waals surface area contributed by atoms with Crippen LogP contribution in [-0.4, -0.2) is 59.8 Å². The van der Waals surface area contributed by atoms with Gasteiger partial charge in [0, 0.05) is 19.2 Å². The average molecular weight is 342 g/mol. The van der Waals surface area contributed by atoms with E-state index in [1.165, 1.54) is 13.1 Å². The summed E-state index contributed by atoms with van der Waals surface area (Å²) in [6, 6.07) is 2.69. The van der Waals surface area contributed by atoms with Gasteiger partial charge in [-0.1, -0.05) is 6.07 Å². The molecule has 1 fully saturated rings. The number of carbonyl (C=O) groups excluding carboxylic acids is 1. The number of carboxylic acids is 1. The van der Waals surface area contributed by atoms with Crippen molar-refractivity contribution in [3.8, 4) is 0 Å². The highest BCUT2D eigenvalue weighted by atomic mass is 32.2. The number of hydrogen-bond acceptors (Lipinski definition) is 6. The van der Waals surface area contributed by atoms with E-state index in [1.54, 1.807) is 0 Å². The second-order valence-electron chi connectivity index (χ2n) is 5.23. The van der Waals surface area contributed by atoms with Gasteiger partial charge in [-0.3, -0.25) is 14.9 Å². The number of carboxylic acid groups (broad SMARTS) is 1. The largest absolute Gasteiger partial charge is 0.478 e. The van der Waals surface area contributed by atoms with Gasteiger partial charge in [0.2, 0.25) is 0 Å². The molecule has 1 saturated heterocycles. The lowest BCUT2D eigenvalue weighted by atomic mass is 10.0. The second kappa shape index (κ2) is 5.95. The molecule has 0 saturated carbocycles. The predicted molar refractivity (Wildman–Crippen MR) is 79.2 cm³/mol. The number of hydrogen-bond donors (Lipinski definition) is 1. The normalized spacial score (nSPS) is 19.3. The van der Waals surface area contributed by atoms with E-state index in [2.05, 4.69) is 0 Å². The van der Waals surface area contributed by atoms with Crippen molar-refractivity contribution >= 4 is 27.4 Å². The van der Waals surface area contributed by atoms with Crippen LogP contribution in [0.4, 0.5) is 5.69 Å². The zero-order valence-electron chi connectivity index (χ0n) is 12.1. The van der Waals surface area contributed by atoms with Gasteiger partial charge < -0.3 is 10.0 Å². The molecule has 1 N–H and O–H groups in total. The molecule has 124 valence electrons. The Hall–Kier alpha value is -2.49. The van der Waals surface area contributed by atoms with Gasteiger partial charge in [-0.15, -0.1) is 0 Å². The molecule has 1 heterocycles. The number of nitro benzene ring substituents is 1. The number of carbonyl (C=O) groups is 2. The molecule has 0 spiro atoms. The monoisotopic (exact) mass is 342 g/mol. The van der Waals surface area contributed by atoms with Crippen molar-refractivity contribution in [2.45, 2.75) is 12.5 Å². The van der Waals surface area contributed by atoms with Crippen molar-refractivity contribution in [1.29, 1.82) is 0 Å². The zero-order chi connectivity index (χ0) is 17.4. The lowest BCUT2D eigenvalue weighted by Crippen LogP contribution is -2.38. The SMILES string of the molecule is CN(C(=O)c1c(C(=O)O)cccc1[N+](=O)[O-])C1CCS(=O)(=O)C1. The molecule has 0 aliphatic carbocycles. The Morgan fingerprint density at radius 2 is 2.04 bits per heavy atom. The number of aromatic carboxylic acids is 1. The molecule has 0 aromatic heterocycles. The van der Waals surface area contributed by atoms with Crippen LogP contribution in [-0.2, 0) is 9.84 Å².